The molecule has 1 saturated heterocycles. The molecule has 1 heterocycles. The van der Waals surface area contributed by atoms with Gasteiger partial charge in [-0.05, 0) is 50.6 Å². The van der Waals surface area contributed by atoms with E-state index in [1.165, 1.54) is 10.6 Å². The van der Waals surface area contributed by atoms with Crippen LogP contribution < -0.4 is 4.31 Å². The van der Waals surface area contributed by atoms with Crippen LogP contribution in [0.25, 0.3) is 0 Å². The van der Waals surface area contributed by atoms with E-state index < -0.39 is 10.0 Å². The van der Waals surface area contributed by atoms with Gasteiger partial charge in [-0.25, -0.2) is 8.42 Å². The molecule has 1 fully saturated rings. The maximum absolute atomic E-state index is 12.3. The van der Waals surface area contributed by atoms with E-state index in [1.807, 2.05) is 36.9 Å². The van der Waals surface area contributed by atoms with Gasteiger partial charge in [0.1, 0.15) is 0 Å². The van der Waals surface area contributed by atoms with E-state index in [1.54, 1.807) is 0 Å². The van der Waals surface area contributed by atoms with Crippen molar-refractivity contribution in [3.8, 4) is 0 Å². The number of piperazine rings is 1. The van der Waals surface area contributed by atoms with Crippen molar-refractivity contribution in [1.82, 2.24) is 9.80 Å². The lowest BCUT2D eigenvalue weighted by molar-refractivity contribution is -0.132. The Hall–Kier alpha value is -1.60. The summed E-state index contributed by atoms with van der Waals surface area (Å²) < 4.78 is 25.7. The summed E-state index contributed by atoms with van der Waals surface area (Å²) in [5.41, 5.74) is 2.85. The SMILES string of the molecule is Cc1ccc(N(CCCC(=O)N2CCN(C)CC2)S(C)(=O)=O)cc1C. The highest BCUT2D eigenvalue weighted by Crippen LogP contribution is 2.22. The number of carbonyl (C=O) groups is 1. The van der Waals surface area contributed by atoms with Gasteiger partial charge in [0, 0.05) is 39.1 Å². The zero-order chi connectivity index (χ0) is 18.6. The standard InChI is InChI=1S/C18H29N3O3S/c1-15-7-8-17(14-16(15)2)21(25(4,23)24)9-5-6-18(22)20-12-10-19(3)11-13-20/h7-8,14H,5-6,9-13H2,1-4H3. The van der Waals surface area contributed by atoms with E-state index in [2.05, 4.69) is 11.9 Å². The van der Waals surface area contributed by atoms with E-state index >= 15 is 0 Å². The first kappa shape index (κ1) is 19.7. The second-order valence-corrected chi connectivity index (χ2v) is 8.80. The maximum atomic E-state index is 12.3. The third kappa shape index (κ3) is 5.44. The second kappa shape index (κ2) is 8.19. The van der Waals surface area contributed by atoms with E-state index in [9.17, 15) is 13.2 Å². The van der Waals surface area contributed by atoms with Gasteiger partial charge in [0.2, 0.25) is 15.9 Å². The molecule has 0 bridgehead atoms. The fraction of sp³-hybridized carbons (Fsp3) is 0.611. The van der Waals surface area contributed by atoms with Crippen LogP contribution in [0, 0.1) is 13.8 Å². The molecule has 140 valence electrons. The molecular weight excluding hydrogens is 338 g/mol. The molecule has 1 amide bonds. The number of rotatable bonds is 6. The molecule has 0 unspecified atom stereocenters. The number of sulfonamides is 1. The number of likely N-dealkylation sites (N-methyl/N-ethyl adjacent to an activating group) is 1. The van der Waals surface area contributed by atoms with Gasteiger partial charge < -0.3 is 9.80 Å². The first-order valence-electron chi connectivity index (χ1n) is 8.70. The third-order valence-electron chi connectivity index (χ3n) is 4.79. The van der Waals surface area contributed by atoms with Crippen LogP contribution in [-0.2, 0) is 14.8 Å². The average Bonchev–Trinajstić information content (AvgIpc) is 2.53. The predicted octanol–water partition coefficient (Wildman–Crippen LogP) is 1.62. The van der Waals surface area contributed by atoms with Gasteiger partial charge in [0.15, 0.2) is 0 Å². The zero-order valence-corrected chi connectivity index (χ0v) is 16.5. The van der Waals surface area contributed by atoms with Gasteiger partial charge >= 0.3 is 0 Å². The normalized spacial score (nSPS) is 16.1. The molecule has 2 rings (SSSR count). The number of hydrogen-bond acceptors (Lipinski definition) is 4. The molecule has 0 saturated carbocycles. The minimum Gasteiger partial charge on any atom is -0.340 e. The van der Waals surface area contributed by atoms with Crippen molar-refractivity contribution in [2.75, 3.05) is 50.3 Å². The molecular formula is C18H29N3O3S. The lowest BCUT2D eigenvalue weighted by atomic mass is 10.1. The lowest BCUT2D eigenvalue weighted by Crippen LogP contribution is -2.47. The van der Waals surface area contributed by atoms with Crippen molar-refractivity contribution < 1.29 is 13.2 Å². The molecule has 25 heavy (non-hydrogen) atoms. The van der Waals surface area contributed by atoms with Crippen LogP contribution in [0.3, 0.4) is 0 Å². The quantitative estimate of drug-likeness (QED) is 0.767. The number of aryl methyl sites for hydroxylation is 2. The molecule has 1 aliphatic heterocycles. The summed E-state index contributed by atoms with van der Waals surface area (Å²) in [6.07, 6.45) is 2.11. The van der Waals surface area contributed by atoms with Crippen molar-refractivity contribution in [3.05, 3.63) is 29.3 Å². The minimum absolute atomic E-state index is 0.113. The number of benzene rings is 1. The smallest absolute Gasteiger partial charge is 0.232 e. The summed E-state index contributed by atoms with van der Waals surface area (Å²) in [4.78, 5) is 16.4. The molecule has 0 radical (unpaired) electrons. The molecule has 6 nitrogen and oxygen atoms in total. The van der Waals surface area contributed by atoms with Crippen molar-refractivity contribution in [2.24, 2.45) is 0 Å². The van der Waals surface area contributed by atoms with Crippen LogP contribution in [-0.4, -0.2) is 70.2 Å². The highest BCUT2D eigenvalue weighted by Gasteiger charge is 2.21. The first-order chi connectivity index (χ1) is 11.7. The predicted molar refractivity (Wildman–Crippen MR) is 101 cm³/mol. The summed E-state index contributed by atoms with van der Waals surface area (Å²) in [6, 6.07) is 5.64. The van der Waals surface area contributed by atoms with Crippen LogP contribution in [0.1, 0.15) is 24.0 Å². The molecule has 1 aromatic carbocycles. The number of anilines is 1. The van der Waals surface area contributed by atoms with Crippen molar-refractivity contribution >= 4 is 21.6 Å². The summed E-state index contributed by atoms with van der Waals surface area (Å²) in [5.74, 6) is 0.113. The largest absolute Gasteiger partial charge is 0.340 e. The molecule has 0 aromatic heterocycles. The van der Waals surface area contributed by atoms with E-state index in [0.29, 0.717) is 25.1 Å². The Balaban J connectivity index is 1.97. The van der Waals surface area contributed by atoms with Gasteiger partial charge in [-0.15, -0.1) is 0 Å². The molecule has 0 spiro atoms. The van der Waals surface area contributed by atoms with E-state index in [0.717, 1.165) is 37.3 Å². The Morgan fingerprint density at radius 1 is 1.12 bits per heavy atom. The van der Waals surface area contributed by atoms with Crippen LogP contribution in [0.2, 0.25) is 0 Å². The Bertz CT molecular complexity index is 710. The first-order valence-corrected chi connectivity index (χ1v) is 10.5. The van der Waals surface area contributed by atoms with Crippen molar-refractivity contribution in [3.63, 3.8) is 0 Å². The molecule has 0 N–H and O–H groups in total. The zero-order valence-electron chi connectivity index (χ0n) is 15.7. The second-order valence-electron chi connectivity index (χ2n) is 6.89. The monoisotopic (exact) mass is 367 g/mol. The van der Waals surface area contributed by atoms with Crippen LogP contribution >= 0.6 is 0 Å². The van der Waals surface area contributed by atoms with Gasteiger partial charge in [-0.1, -0.05) is 6.07 Å². The summed E-state index contributed by atoms with van der Waals surface area (Å²) >= 11 is 0. The van der Waals surface area contributed by atoms with E-state index in [4.69, 9.17) is 0 Å². The Morgan fingerprint density at radius 2 is 1.76 bits per heavy atom. The van der Waals surface area contributed by atoms with Gasteiger partial charge in [-0.3, -0.25) is 9.10 Å². The Labute approximate surface area is 151 Å². The Kier molecular flexibility index (Phi) is 6.46. The Morgan fingerprint density at radius 3 is 2.32 bits per heavy atom. The highest BCUT2D eigenvalue weighted by atomic mass is 32.2. The molecule has 0 aliphatic carbocycles. The van der Waals surface area contributed by atoms with E-state index in [-0.39, 0.29) is 5.91 Å². The topological polar surface area (TPSA) is 60.9 Å². The third-order valence-corrected chi connectivity index (χ3v) is 5.98. The fourth-order valence-electron chi connectivity index (χ4n) is 2.95. The molecule has 1 aromatic rings. The fourth-order valence-corrected chi connectivity index (χ4v) is 3.91. The maximum Gasteiger partial charge on any atom is 0.232 e. The lowest BCUT2D eigenvalue weighted by Gasteiger charge is -2.32. The van der Waals surface area contributed by atoms with Crippen LogP contribution in [0.4, 0.5) is 5.69 Å². The van der Waals surface area contributed by atoms with Crippen molar-refractivity contribution in [1.29, 1.82) is 0 Å². The summed E-state index contributed by atoms with van der Waals surface area (Å²) in [6.45, 7) is 7.58. The van der Waals surface area contributed by atoms with Gasteiger partial charge in [0.05, 0.1) is 11.9 Å². The highest BCUT2D eigenvalue weighted by molar-refractivity contribution is 7.92. The van der Waals surface area contributed by atoms with Crippen molar-refractivity contribution in [2.45, 2.75) is 26.7 Å². The molecule has 1 aliphatic rings. The van der Waals surface area contributed by atoms with Crippen LogP contribution in [0.5, 0.6) is 0 Å². The molecule has 0 atom stereocenters. The number of nitrogens with zero attached hydrogens (tertiary/aromatic N) is 3. The minimum atomic E-state index is -3.38. The summed E-state index contributed by atoms with van der Waals surface area (Å²) in [7, 11) is -1.32. The molecule has 7 heteroatoms. The average molecular weight is 368 g/mol. The van der Waals surface area contributed by atoms with Crippen LogP contribution in [0.15, 0.2) is 18.2 Å². The van der Waals surface area contributed by atoms with Gasteiger partial charge in [-0.2, -0.15) is 0 Å². The number of carbonyl (C=O) groups excluding carboxylic acids is 1. The number of hydrogen-bond donors (Lipinski definition) is 0. The summed E-state index contributed by atoms with van der Waals surface area (Å²) in [5, 5.41) is 0. The van der Waals surface area contributed by atoms with Gasteiger partial charge in [0.25, 0.3) is 0 Å². The number of amides is 1.